The molecular weight excluding hydrogens is 1160 g/mol. The number of ether oxygens (including phenoxy) is 4. The van der Waals surface area contributed by atoms with Crippen LogP contribution in [0.5, 0.6) is 0 Å². The number of hydrogen-bond donors (Lipinski definition) is 3. The first-order chi connectivity index (χ1) is 42.4. The Balaban J connectivity index is 5.14. The lowest BCUT2D eigenvalue weighted by Gasteiger charge is -2.21. The maximum Gasteiger partial charge on any atom is 0.472 e. The number of aliphatic hydroxyl groups excluding tert-OH is 1. The van der Waals surface area contributed by atoms with E-state index in [1.165, 1.54) is 161 Å². The molecule has 0 aromatic rings. The van der Waals surface area contributed by atoms with Crippen LogP contribution in [0.25, 0.3) is 0 Å². The van der Waals surface area contributed by atoms with Crippen LogP contribution in [0, 0.1) is 11.8 Å². The van der Waals surface area contributed by atoms with Gasteiger partial charge in [0.1, 0.15) is 19.3 Å². The van der Waals surface area contributed by atoms with E-state index in [1.54, 1.807) is 0 Å². The van der Waals surface area contributed by atoms with E-state index in [1.807, 2.05) is 0 Å². The number of carbonyl (C=O) groups is 4. The Hall–Kier alpha value is -1.94. The molecule has 3 unspecified atom stereocenters. The van der Waals surface area contributed by atoms with Crippen molar-refractivity contribution in [2.24, 2.45) is 11.8 Å². The Morgan fingerprint density at radius 1 is 0.330 bits per heavy atom. The van der Waals surface area contributed by atoms with Gasteiger partial charge in [0.25, 0.3) is 0 Å². The lowest BCUT2D eigenvalue weighted by atomic mass is 9.99. The number of rotatable bonds is 68. The summed E-state index contributed by atoms with van der Waals surface area (Å²) >= 11 is 0. The Bertz CT molecular complexity index is 1720. The maximum atomic E-state index is 13.0. The fourth-order valence-electron chi connectivity index (χ4n) is 10.4. The summed E-state index contributed by atoms with van der Waals surface area (Å²) in [7, 11) is -9.89. The fourth-order valence-corrected chi connectivity index (χ4v) is 12.0. The van der Waals surface area contributed by atoms with Crippen LogP contribution < -0.4 is 0 Å². The summed E-state index contributed by atoms with van der Waals surface area (Å²) in [5.74, 6) is -0.518. The molecule has 0 aliphatic carbocycles. The van der Waals surface area contributed by atoms with Gasteiger partial charge in [-0.05, 0) is 37.5 Å². The molecule has 0 rings (SSSR count). The minimum Gasteiger partial charge on any atom is -0.462 e. The molecule has 0 aromatic heterocycles. The van der Waals surface area contributed by atoms with Gasteiger partial charge in [0.2, 0.25) is 0 Å². The molecule has 0 radical (unpaired) electrons. The van der Waals surface area contributed by atoms with E-state index < -0.39 is 97.5 Å². The average molecular weight is 1300 g/mol. The molecule has 6 atom stereocenters. The highest BCUT2D eigenvalue weighted by Crippen LogP contribution is 2.45. The van der Waals surface area contributed by atoms with Gasteiger partial charge in [-0.25, -0.2) is 9.13 Å². The van der Waals surface area contributed by atoms with Gasteiger partial charge in [-0.15, -0.1) is 0 Å². The first kappa shape index (κ1) is 86.1. The molecule has 0 amide bonds. The predicted octanol–water partition coefficient (Wildman–Crippen LogP) is 19.6. The third-order valence-corrected chi connectivity index (χ3v) is 18.2. The third-order valence-electron chi connectivity index (χ3n) is 16.3. The molecule has 0 spiro atoms. The number of carbonyl (C=O) groups excluding carboxylic acids is 4. The van der Waals surface area contributed by atoms with Gasteiger partial charge in [0.05, 0.1) is 26.4 Å². The minimum absolute atomic E-state index is 0.105. The van der Waals surface area contributed by atoms with Gasteiger partial charge in [-0.2, -0.15) is 0 Å². The van der Waals surface area contributed by atoms with Crippen LogP contribution in [-0.2, 0) is 65.4 Å². The predicted molar refractivity (Wildman–Crippen MR) is 354 cm³/mol. The van der Waals surface area contributed by atoms with Gasteiger partial charge in [-0.1, -0.05) is 298 Å². The van der Waals surface area contributed by atoms with Crippen molar-refractivity contribution in [1.29, 1.82) is 0 Å². The van der Waals surface area contributed by atoms with Crippen molar-refractivity contribution < 1.29 is 80.2 Å². The van der Waals surface area contributed by atoms with E-state index >= 15 is 0 Å². The topological polar surface area (TPSA) is 237 Å². The van der Waals surface area contributed by atoms with E-state index in [-0.39, 0.29) is 25.7 Å². The first-order valence-corrected chi connectivity index (χ1v) is 39.0. The van der Waals surface area contributed by atoms with E-state index in [9.17, 15) is 43.2 Å². The number of hydrogen-bond acceptors (Lipinski definition) is 15. The number of aliphatic hydroxyl groups is 1. The fraction of sp³-hybridized carbons (Fsp3) is 0.942. The largest absolute Gasteiger partial charge is 0.472 e. The Morgan fingerprint density at radius 2 is 0.580 bits per heavy atom. The molecule has 0 aliphatic rings. The number of esters is 4. The lowest BCUT2D eigenvalue weighted by Crippen LogP contribution is -2.30. The normalized spacial score (nSPS) is 14.5. The maximum absolute atomic E-state index is 13.0. The second-order valence-corrected chi connectivity index (χ2v) is 28.5. The summed E-state index contributed by atoms with van der Waals surface area (Å²) in [6, 6.07) is 0. The molecule has 0 aliphatic heterocycles. The van der Waals surface area contributed by atoms with Crippen molar-refractivity contribution in [2.75, 3.05) is 39.6 Å². The smallest absolute Gasteiger partial charge is 0.462 e. The second-order valence-electron chi connectivity index (χ2n) is 25.6. The van der Waals surface area contributed by atoms with Crippen molar-refractivity contribution >= 4 is 39.5 Å². The van der Waals surface area contributed by atoms with Crippen molar-refractivity contribution in [3.63, 3.8) is 0 Å². The van der Waals surface area contributed by atoms with Gasteiger partial charge < -0.3 is 33.8 Å². The highest BCUT2D eigenvalue weighted by atomic mass is 31.2. The van der Waals surface area contributed by atoms with Crippen LogP contribution >= 0.6 is 15.6 Å². The van der Waals surface area contributed by atoms with Crippen molar-refractivity contribution in [2.45, 2.75) is 368 Å². The third kappa shape index (κ3) is 61.6. The quantitative estimate of drug-likeness (QED) is 0.0222. The van der Waals surface area contributed by atoms with Crippen molar-refractivity contribution in [3.8, 4) is 0 Å². The average Bonchev–Trinajstić information content (AvgIpc) is 3.59. The highest BCUT2D eigenvalue weighted by molar-refractivity contribution is 7.47. The van der Waals surface area contributed by atoms with Crippen LogP contribution in [0.4, 0.5) is 0 Å². The molecule has 0 heterocycles. The lowest BCUT2D eigenvalue weighted by molar-refractivity contribution is -0.161. The zero-order valence-corrected chi connectivity index (χ0v) is 58.8. The SMILES string of the molecule is CCCCCCCCCCCCC(=O)O[C@H](COC(=O)CCCCCCC)COP(=O)(O)OC[C@H](O)COP(=O)(O)OC[C@@H](COC(=O)CCCCCCCCCCCCC(C)CC)OC(=O)CCCCCCCCCCCCCCCCCCC(C)C. The van der Waals surface area contributed by atoms with Crippen molar-refractivity contribution in [1.82, 2.24) is 0 Å². The van der Waals surface area contributed by atoms with E-state index in [2.05, 4.69) is 41.5 Å². The van der Waals surface area contributed by atoms with E-state index in [0.29, 0.717) is 25.7 Å². The minimum atomic E-state index is -4.95. The summed E-state index contributed by atoms with van der Waals surface area (Å²) in [6.45, 7) is 9.50. The van der Waals surface area contributed by atoms with E-state index in [4.69, 9.17) is 37.0 Å². The molecule has 0 saturated carbocycles. The van der Waals surface area contributed by atoms with Crippen LogP contribution in [-0.4, -0.2) is 96.7 Å². The molecule has 0 fully saturated rings. The van der Waals surface area contributed by atoms with E-state index in [0.717, 1.165) is 108 Å². The second kappa shape index (κ2) is 61.3. The number of phosphoric acid groups is 2. The molecular formula is C69H134O17P2. The molecule has 19 heteroatoms. The van der Waals surface area contributed by atoms with Gasteiger partial charge in [0, 0.05) is 25.7 Å². The van der Waals surface area contributed by atoms with Crippen LogP contribution in [0.3, 0.4) is 0 Å². The Labute approximate surface area is 537 Å². The molecule has 522 valence electrons. The van der Waals surface area contributed by atoms with Gasteiger partial charge in [0.15, 0.2) is 12.2 Å². The molecule has 17 nitrogen and oxygen atoms in total. The monoisotopic (exact) mass is 1300 g/mol. The van der Waals surface area contributed by atoms with Crippen LogP contribution in [0.1, 0.15) is 350 Å². The number of phosphoric ester groups is 2. The Kier molecular flexibility index (Phi) is 59.9. The zero-order chi connectivity index (χ0) is 65.0. The highest BCUT2D eigenvalue weighted by Gasteiger charge is 2.30. The molecule has 3 N–H and O–H groups in total. The molecule has 88 heavy (non-hydrogen) atoms. The number of unbranched alkanes of at least 4 members (excludes halogenated alkanes) is 37. The zero-order valence-electron chi connectivity index (χ0n) is 57.0. The van der Waals surface area contributed by atoms with Gasteiger partial charge >= 0.3 is 39.5 Å². The van der Waals surface area contributed by atoms with Crippen molar-refractivity contribution in [3.05, 3.63) is 0 Å². The Morgan fingerprint density at radius 3 is 0.864 bits per heavy atom. The van der Waals surface area contributed by atoms with Crippen LogP contribution in [0.15, 0.2) is 0 Å². The van der Waals surface area contributed by atoms with Crippen LogP contribution in [0.2, 0.25) is 0 Å². The summed E-state index contributed by atoms with van der Waals surface area (Å²) < 4.78 is 68.0. The molecule has 0 bridgehead atoms. The summed E-state index contributed by atoms with van der Waals surface area (Å²) in [5, 5.41) is 10.5. The summed E-state index contributed by atoms with van der Waals surface area (Å²) in [5.41, 5.74) is 0. The molecule has 0 saturated heterocycles. The summed E-state index contributed by atoms with van der Waals surface area (Å²) in [4.78, 5) is 72.2. The summed E-state index contributed by atoms with van der Waals surface area (Å²) in [6.07, 6.45) is 46.1. The molecule has 0 aromatic carbocycles. The van der Waals surface area contributed by atoms with Gasteiger partial charge in [-0.3, -0.25) is 37.3 Å². The standard InChI is InChI=1S/C69H134O17P2/c1-7-10-12-14-15-16-29-35-41-47-53-68(73)85-64(57-79-66(71)51-45-37-13-11-8-2)59-83-87(75,76)81-55-63(70)56-82-88(77,78)84-60-65(58-80-67(72)52-46-40-34-30-26-25-28-33-39-44-50-62(6)9-3)86-69(74)54-48-42-36-31-24-22-20-18-17-19-21-23-27-32-38-43-49-61(4)5/h61-65,70H,7-60H2,1-6H3,(H,75,76)(H,77,78)/t62?,63-,64+,65+/m0/s1. The first-order valence-electron chi connectivity index (χ1n) is 36.0.